The first-order chi connectivity index (χ1) is 34.6. The summed E-state index contributed by atoms with van der Waals surface area (Å²) in [5.41, 5.74) is 0. The maximum atomic E-state index is 12.9. The molecule has 0 aromatic carbocycles. The predicted molar refractivity (Wildman–Crippen MR) is 306 cm³/mol. The van der Waals surface area contributed by atoms with E-state index in [1.165, 1.54) is 89.9 Å². The molecular formula is C65H106O5. The van der Waals surface area contributed by atoms with Crippen LogP contribution < -0.4 is 0 Å². The largest absolute Gasteiger partial charge is 0.462 e. The Hall–Kier alpha value is -3.96. The van der Waals surface area contributed by atoms with Gasteiger partial charge in [0.05, 0.1) is 6.61 Å². The number of hydrogen-bond acceptors (Lipinski definition) is 5. The van der Waals surface area contributed by atoms with E-state index in [2.05, 4.69) is 148 Å². The lowest BCUT2D eigenvalue weighted by atomic mass is 10.0. The standard InChI is InChI=1S/C65H106O5/c1-4-7-10-13-16-19-22-25-28-31-33-35-37-40-43-46-49-52-55-58-64(66)69-62-63(61-68-60-57-54-51-48-45-42-39-30-27-24-21-18-15-12-9-6-3)70-65(67)59-56-53-50-47-44-41-38-36-34-32-29-26-23-20-17-14-11-8-5-2/h7-8,10-11,16-17,19-20,25-26,28-29,33-36,40-41,43-44,49,52,63H,4-6,9,12-15,18,21-24,27,30-32,37-39,42,45-48,50-51,53-62H2,1-3H3/b10-7-,11-8-,19-16-,20-17-,28-25-,29-26-,35-33-,36-34-,43-40-,44-41-,52-49-/t63-/m1/s1. The summed E-state index contributed by atoms with van der Waals surface area (Å²) in [6, 6.07) is 0. The minimum Gasteiger partial charge on any atom is -0.462 e. The zero-order valence-corrected chi connectivity index (χ0v) is 45.5. The molecule has 0 N–H and O–H groups in total. The highest BCUT2D eigenvalue weighted by Gasteiger charge is 2.17. The fourth-order valence-electron chi connectivity index (χ4n) is 7.50. The van der Waals surface area contributed by atoms with Gasteiger partial charge in [-0.15, -0.1) is 0 Å². The molecule has 396 valence electrons. The molecular weight excluding hydrogens is 861 g/mol. The molecule has 0 aliphatic carbocycles. The van der Waals surface area contributed by atoms with Crippen LogP contribution in [0.5, 0.6) is 0 Å². The molecule has 0 rings (SSSR count). The Balaban J connectivity index is 4.47. The summed E-state index contributed by atoms with van der Waals surface area (Å²) in [6.45, 7) is 7.49. The van der Waals surface area contributed by atoms with Gasteiger partial charge in [-0.25, -0.2) is 0 Å². The molecule has 0 spiro atoms. The molecule has 1 atom stereocenters. The second-order valence-electron chi connectivity index (χ2n) is 18.4. The van der Waals surface area contributed by atoms with Gasteiger partial charge in [-0.2, -0.15) is 0 Å². The maximum absolute atomic E-state index is 12.9. The van der Waals surface area contributed by atoms with Crippen molar-refractivity contribution in [3.8, 4) is 0 Å². The van der Waals surface area contributed by atoms with Gasteiger partial charge in [0.25, 0.3) is 0 Å². The van der Waals surface area contributed by atoms with Gasteiger partial charge in [0, 0.05) is 19.4 Å². The van der Waals surface area contributed by atoms with Gasteiger partial charge in [0.15, 0.2) is 6.10 Å². The van der Waals surface area contributed by atoms with E-state index in [-0.39, 0.29) is 25.2 Å². The van der Waals surface area contributed by atoms with Crippen LogP contribution in [0, 0.1) is 0 Å². The molecule has 5 heteroatoms. The average molecular weight is 968 g/mol. The van der Waals surface area contributed by atoms with Crippen molar-refractivity contribution in [3.63, 3.8) is 0 Å². The Kier molecular flexibility index (Phi) is 56.0. The smallest absolute Gasteiger partial charge is 0.306 e. The van der Waals surface area contributed by atoms with E-state index >= 15 is 0 Å². The van der Waals surface area contributed by atoms with E-state index < -0.39 is 6.10 Å². The van der Waals surface area contributed by atoms with Crippen molar-refractivity contribution in [1.29, 1.82) is 0 Å². The summed E-state index contributed by atoms with van der Waals surface area (Å²) < 4.78 is 17.4. The number of unbranched alkanes of at least 4 members (excludes halogenated alkanes) is 18. The predicted octanol–water partition coefficient (Wildman–Crippen LogP) is 19.9. The average Bonchev–Trinajstić information content (AvgIpc) is 3.36. The number of carbonyl (C=O) groups excluding carboxylic acids is 2. The number of carbonyl (C=O) groups is 2. The number of ether oxygens (including phenoxy) is 3. The highest BCUT2D eigenvalue weighted by atomic mass is 16.6. The second-order valence-corrected chi connectivity index (χ2v) is 18.4. The van der Waals surface area contributed by atoms with Crippen LogP contribution >= 0.6 is 0 Å². The monoisotopic (exact) mass is 967 g/mol. The molecule has 0 saturated carbocycles. The zero-order valence-electron chi connectivity index (χ0n) is 45.5. The Bertz CT molecular complexity index is 1470. The third kappa shape index (κ3) is 56.6. The van der Waals surface area contributed by atoms with Crippen molar-refractivity contribution in [1.82, 2.24) is 0 Å². The van der Waals surface area contributed by atoms with Gasteiger partial charge in [0.1, 0.15) is 6.61 Å². The lowest BCUT2D eigenvalue weighted by Crippen LogP contribution is -2.30. The molecule has 0 aromatic heterocycles. The van der Waals surface area contributed by atoms with Crippen molar-refractivity contribution >= 4 is 11.9 Å². The van der Waals surface area contributed by atoms with E-state index in [1.807, 2.05) is 6.08 Å². The zero-order chi connectivity index (χ0) is 50.6. The Labute approximate surface area is 432 Å². The first-order valence-electron chi connectivity index (χ1n) is 28.7. The van der Waals surface area contributed by atoms with Crippen LogP contribution in [-0.4, -0.2) is 37.9 Å². The maximum Gasteiger partial charge on any atom is 0.306 e. The van der Waals surface area contributed by atoms with Crippen LogP contribution in [-0.2, 0) is 23.8 Å². The minimum atomic E-state index is -0.593. The Morgan fingerprint density at radius 1 is 0.329 bits per heavy atom. The van der Waals surface area contributed by atoms with Crippen molar-refractivity contribution in [2.75, 3.05) is 19.8 Å². The molecule has 70 heavy (non-hydrogen) atoms. The summed E-state index contributed by atoms with van der Waals surface area (Å²) in [5.74, 6) is -0.534. The first kappa shape index (κ1) is 66.0. The number of esters is 2. The molecule has 0 radical (unpaired) electrons. The molecule has 0 aromatic rings. The molecule has 0 aliphatic rings. The van der Waals surface area contributed by atoms with Crippen LogP contribution in [0.4, 0.5) is 0 Å². The van der Waals surface area contributed by atoms with E-state index in [0.717, 1.165) is 109 Å². The highest BCUT2D eigenvalue weighted by Crippen LogP contribution is 2.14. The molecule has 0 aliphatic heterocycles. The lowest BCUT2D eigenvalue weighted by Gasteiger charge is -2.18. The van der Waals surface area contributed by atoms with Gasteiger partial charge in [-0.1, -0.05) is 257 Å². The Morgan fingerprint density at radius 3 is 1.07 bits per heavy atom. The molecule has 0 saturated heterocycles. The SMILES string of the molecule is CC/C=C\C/C=C\C/C=C\C/C=C\C/C=C\C/C=C\CCC(=O)OC[C@@H](COCCCCCCCCCCCCCCCCCC)OC(=O)CCCCC/C=C\C/C=C\C/C=C\C/C=C\C/C=C\CC. The van der Waals surface area contributed by atoms with E-state index in [1.54, 1.807) is 0 Å². The van der Waals surface area contributed by atoms with Gasteiger partial charge >= 0.3 is 11.9 Å². The van der Waals surface area contributed by atoms with Crippen LogP contribution in [0.15, 0.2) is 134 Å². The lowest BCUT2D eigenvalue weighted by molar-refractivity contribution is -0.162. The molecule has 0 heterocycles. The number of rotatable bonds is 51. The second kappa shape index (κ2) is 59.3. The van der Waals surface area contributed by atoms with E-state index in [9.17, 15) is 9.59 Å². The van der Waals surface area contributed by atoms with Gasteiger partial charge < -0.3 is 14.2 Å². The van der Waals surface area contributed by atoms with Crippen LogP contribution in [0.1, 0.15) is 239 Å². The number of allylic oxidation sites excluding steroid dienone is 22. The van der Waals surface area contributed by atoms with Crippen molar-refractivity contribution in [3.05, 3.63) is 134 Å². The first-order valence-corrected chi connectivity index (χ1v) is 28.7. The number of hydrogen-bond donors (Lipinski definition) is 0. The highest BCUT2D eigenvalue weighted by molar-refractivity contribution is 5.70. The van der Waals surface area contributed by atoms with Crippen LogP contribution in [0.2, 0.25) is 0 Å². The molecule has 0 bridgehead atoms. The van der Waals surface area contributed by atoms with E-state index in [4.69, 9.17) is 14.2 Å². The van der Waals surface area contributed by atoms with Gasteiger partial charge in [-0.3, -0.25) is 9.59 Å². The molecule has 0 fully saturated rings. The summed E-state index contributed by atoms with van der Waals surface area (Å²) in [4.78, 5) is 25.5. The topological polar surface area (TPSA) is 61.8 Å². The quantitative estimate of drug-likeness (QED) is 0.0345. The summed E-state index contributed by atoms with van der Waals surface area (Å²) in [5, 5.41) is 0. The minimum absolute atomic E-state index is 0.0252. The van der Waals surface area contributed by atoms with E-state index in [0.29, 0.717) is 25.9 Å². The molecule has 0 unspecified atom stereocenters. The third-order valence-electron chi connectivity index (χ3n) is 11.7. The van der Waals surface area contributed by atoms with Crippen molar-refractivity contribution in [2.24, 2.45) is 0 Å². The van der Waals surface area contributed by atoms with Crippen LogP contribution in [0.25, 0.3) is 0 Å². The summed E-state index contributed by atoms with van der Waals surface area (Å²) in [6.07, 6.45) is 84.8. The summed E-state index contributed by atoms with van der Waals surface area (Å²) in [7, 11) is 0. The molecule has 5 nitrogen and oxygen atoms in total. The molecule has 0 amide bonds. The van der Waals surface area contributed by atoms with Crippen molar-refractivity contribution in [2.45, 2.75) is 245 Å². The normalized spacial score (nSPS) is 13.2. The fourth-order valence-corrected chi connectivity index (χ4v) is 7.50. The Morgan fingerprint density at radius 2 is 0.671 bits per heavy atom. The van der Waals surface area contributed by atoms with Gasteiger partial charge in [-0.05, 0) is 103 Å². The summed E-state index contributed by atoms with van der Waals surface area (Å²) >= 11 is 0. The fraction of sp³-hybridized carbons (Fsp3) is 0.631. The van der Waals surface area contributed by atoms with Crippen LogP contribution in [0.3, 0.4) is 0 Å². The van der Waals surface area contributed by atoms with Crippen molar-refractivity contribution < 1.29 is 23.8 Å². The van der Waals surface area contributed by atoms with Gasteiger partial charge in [0.2, 0.25) is 0 Å². The third-order valence-corrected chi connectivity index (χ3v) is 11.7.